The van der Waals surface area contributed by atoms with Gasteiger partial charge < -0.3 is 9.67 Å². The molecular formula is C26H24N2O4. The van der Waals surface area contributed by atoms with E-state index < -0.39 is 10.9 Å². The SMILES string of the molecule is Cc1ccc(-n2c(C(=O)O)cc3cc(-c4ccc(C(C)(C)C)cc4)ccc32)cc1[N+](=O)[O-]. The second-order valence-electron chi connectivity index (χ2n) is 9.00. The number of nitro groups is 1. The highest BCUT2D eigenvalue weighted by molar-refractivity contribution is 5.97. The minimum absolute atomic E-state index is 0.0451. The number of hydrogen-bond donors (Lipinski definition) is 1. The molecule has 0 saturated heterocycles. The second kappa shape index (κ2) is 7.64. The number of aryl methyl sites for hydroxylation is 1. The Morgan fingerprint density at radius 3 is 2.19 bits per heavy atom. The number of aromatic nitrogens is 1. The van der Waals surface area contributed by atoms with Gasteiger partial charge in [-0.1, -0.05) is 57.2 Å². The summed E-state index contributed by atoms with van der Waals surface area (Å²) in [5.41, 5.74) is 4.96. The smallest absolute Gasteiger partial charge is 0.352 e. The molecule has 0 unspecified atom stereocenters. The van der Waals surface area contributed by atoms with Gasteiger partial charge in [-0.25, -0.2) is 4.79 Å². The van der Waals surface area contributed by atoms with E-state index in [9.17, 15) is 20.0 Å². The van der Waals surface area contributed by atoms with Gasteiger partial charge in [-0.2, -0.15) is 0 Å². The zero-order valence-corrected chi connectivity index (χ0v) is 18.4. The van der Waals surface area contributed by atoms with Crippen LogP contribution >= 0.6 is 0 Å². The predicted molar refractivity (Wildman–Crippen MR) is 126 cm³/mol. The third-order valence-corrected chi connectivity index (χ3v) is 5.75. The topological polar surface area (TPSA) is 85.4 Å². The Balaban J connectivity index is 1.86. The number of rotatable bonds is 4. The van der Waals surface area contributed by atoms with Crippen LogP contribution in [-0.4, -0.2) is 20.6 Å². The number of nitro benzene ring substituents is 1. The first-order valence-electron chi connectivity index (χ1n) is 10.3. The van der Waals surface area contributed by atoms with Crippen molar-refractivity contribution in [2.24, 2.45) is 0 Å². The standard InChI is InChI=1S/C26H24N2O4/c1-16-5-11-21(15-23(16)28(31)32)27-22-12-8-18(13-19(22)14-24(27)25(29)30)17-6-9-20(10-7-17)26(2,3)4/h5-15H,1-4H3,(H,29,30). The molecule has 0 atom stereocenters. The summed E-state index contributed by atoms with van der Waals surface area (Å²) in [5.74, 6) is -1.10. The van der Waals surface area contributed by atoms with Gasteiger partial charge in [-0.05, 0) is 53.3 Å². The molecule has 0 aliphatic rings. The molecule has 0 fully saturated rings. The summed E-state index contributed by atoms with van der Waals surface area (Å²) in [6.45, 7) is 8.16. The average Bonchev–Trinajstić information content (AvgIpc) is 3.12. The van der Waals surface area contributed by atoms with E-state index in [1.165, 1.54) is 11.6 Å². The van der Waals surface area contributed by atoms with Crippen molar-refractivity contribution in [1.82, 2.24) is 4.57 Å². The highest BCUT2D eigenvalue weighted by Gasteiger charge is 2.20. The molecule has 6 heteroatoms. The fraction of sp³-hybridized carbons (Fsp3) is 0.192. The largest absolute Gasteiger partial charge is 0.477 e. The molecule has 4 rings (SSSR count). The molecule has 1 aromatic heterocycles. The summed E-state index contributed by atoms with van der Waals surface area (Å²) in [5, 5.41) is 21.9. The lowest BCUT2D eigenvalue weighted by molar-refractivity contribution is -0.385. The molecule has 0 amide bonds. The molecule has 3 aromatic carbocycles. The molecule has 1 N–H and O–H groups in total. The molecule has 0 spiro atoms. The molecule has 162 valence electrons. The van der Waals surface area contributed by atoms with Gasteiger partial charge in [0.1, 0.15) is 5.69 Å². The number of carbonyl (C=O) groups is 1. The van der Waals surface area contributed by atoms with Gasteiger partial charge in [0.25, 0.3) is 5.69 Å². The number of carboxylic acids is 1. The quantitative estimate of drug-likeness (QED) is 0.297. The van der Waals surface area contributed by atoms with Crippen molar-refractivity contribution in [1.29, 1.82) is 0 Å². The second-order valence-corrected chi connectivity index (χ2v) is 9.00. The number of carboxylic acid groups (broad SMARTS) is 1. The van der Waals surface area contributed by atoms with Crippen LogP contribution in [0.4, 0.5) is 5.69 Å². The van der Waals surface area contributed by atoms with Crippen molar-refractivity contribution in [3.05, 3.63) is 93.7 Å². The number of nitrogens with zero attached hydrogens (tertiary/aromatic N) is 2. The zero-order valence-electron chi connectivity index (χ0n) is 18.4. The van der Waals surface area contributed by atoms with Crippen LogP contribution in [0, 0.1) is 17.0 Å². The van der Waals surface area contributed by atoms with Gasteiger partial charge in [-0.15, -0.1) is 0 Å². The molecule has 0 aliphatic heterocycles. The van der Waals surface area contributed by atoms with Gasteiger partial charge in [0, 0.05) is 17.0 Å². The van der Waals surface area contributed by atoms with E-state index in [0.29, 0.717) is 16.8 Å². The lowest BCUT2D eigenvalue weighted by Gasteiger charge is -2.19. The number of aromatic carboxylic acids is 1. The predicted octanol–water partition coefficient (Wildman–Crippen LogP) is 6.51. The van der Waals surface area contributed by atoms with Crippen molar-refractivity contribution in [2.75, 3.05) is 0 Å². The average molecular weight is 428 g/mol. The van der Waals surface area contributed by atoms with Crippen LogP contribution in [0.15, 0.2) is 66.7 Å². The van der Waals surface area contributed by atoms with Crippen molar-refractivity contribution in [3.8, 4) is 16.8 Å². The van der Waals surface area contributed by atoms with Gasteiger partial charge in [0.05, 0.1) is 16.1 Å². The maximum Gasteiger partial charge on any atom is 0.352 e. The number of hydrogen-bond acceptors (Lipinski definition) is 3. The molecule has 0 bridgehead atoms. The van der Waals surface area contributed by atoms with E-state index >= 15 is 0 Å². The molecule has 6 nitrogen and oxygen atoms in total. The molecule has 1 heterocycles. The summed E-state index contributed by atoms with van der Waals surface area (Å²) in [4.78, 5) is 22.9. The first-order chi connectivity index (χ1) is 15.1. The monoisotopic (exact) mass is 428 g/mol. The van der Waals surface area contributed by atoms with Crippen LogP contribution in [0.5, 0.6) is 0 Å². The van der Waals surface area contributed by atoms with E-state index in [1.807, 2.05) is 18.2 Å². The lowest BCUT2D eigenvalue weighted by Crippen LogP contribution is -2.10. The van der Waals surface area contributed by atoms with E-state index in [0.717, 1.165) is 16.5 Å². The Labute approximate surface area is 185 Å². The Morgan fingerprint density at radius 1 is 0.938 bits per heavy atom. The summed E-state index contributed by atoms with van der Waals surface area (Å²) < 4.78 is 1.55. The Bertz CT molecular complexity index is 1360. The van der Waals surface area contributed by atoms with Crippen LogP contribution in [-0.2, 0) is 5.41 Å². The van der Waals surface area contributed by atoms with E-state index in [4.69, 9.17) is 0 Å². The maximum absolute atomic E-state index is 12.0. The van der Waals surface area contributed by atoms with Crippen LogP contribution in [0.25, 0.3) is 27.7 Å². The summed E-state index contributed by atoms with van der Waals surface area (Å²) in [6.07, 6.45) is 0. The highest BCUT2D eigenvalue weighted by Crippen LogP contribution is 2.32. The van der Waals surface area contributed by atoms with Crippen molar-refractivity contribution in [3.63, 3.8) is 0 Å². The van der Waals surface area contributed by atoms with Crippen LogP contribution in [0.1, 0.15) is 42.4 Å². The summed E-state index contributed by atoms with van der Waals surface area (Å²) in [6, 6.07) is 20.5. The highest BCUT2D eigenvalue weighted by atomic mass is 16.6. The van der Waals surface area contributed by atoms with Gasteiger partial charge in [0.2, 0.25) is 0 Å². The van der Waals surface area contributed by atoms with E-state index in [-0.39, 0.29) is 16.8 Å². The molecule has 4 aromatic rings. The first-order valence-corrected chi connectivity index (χ1v) is 10.3. The number of fused-ring (bicyclic) bond motifs is 1. The Kier molecular flexibility index (Phi) is 5.09. The van der Waals surface area contributed by atoms with Gasteiger partial charge >= 0.3 is 5.97 Å². The minimum Gasteiger partial charge on any atom is -0.477 e. The molecule has 0 aliphatic carbocycles. The Morgan fingerprint density at radius 2 is 1.59 bits per heavy atom. The van der Waals surface area contributed by atoms with E-state index in [2.05, 4.69) is 45.0 Å². The van der Waals surface area contributed by atoms with Crippen LogP contribution < -0.4 is 0 Å². The molecule has 0 radical (unpaired) electrons. The van der Waals surface area contributed by atoms with Crippen LogP contribution in [0.3, 0.4) is 0 Å². The van der Waals surface area contributed by atoms with Gasteiger partial charge in [0.15, 0.2) is 0 Å². The minimum atomic E-state index is -1.10. The lowest BCUT2D eigenvalue weighted by atomic mass is 9.86. The first kappa shape index (κ1) is 21.3. The third-order valence-electron chi connectivity index (χ3n) is 5.75. The summed E-state index contributed by atoms with van der Waals surface area (Å²) in [7, 11) is 0. The van der Waals surface area contributed by atoms with Crippen molar-refractivity contribution >= 4 is 22.6 Å². The number of benzene rings is 3. The summed E-state index contributed by atoms with van der Waals surface area (Å²) >= 11 is 0. The molecule has 0 saturated carbocycles. The maximum atomic E-state index is 12.0. The fourth-order valence-electron chi connectivity index (χ4n) is 3.93. The normalized spacial score (nSPS) is 11.6. The zero-order chi connectivity index (χ0) is 23.2. The third kappa shape index (κ3) is 3.75. The van der Waals surface area contributed by atoms with Gasteiger partial charge in [-0.3, -0.25) is 10.1 Å². The fourth-order valence-corrected chi connectivity index (χ4v) is 3.93. The Hall–Kier alpha value is -3.93. The van der Waals surface area contributed by atoms with E-state index in [1.54, 1.807) is 29.7 Å². The van der Waals surface area contributed by atoms with Crippen molar-refractivity contribution < 1.29 is 14.8 Å². The van der Waals surface area contributed by atoms with Crippen molar-refractivity contribution in [2.45, 2.75) is 33.1 Å². The van der Waals surface area contributed by atoms with Crippen LogP contribution in [0.2, 0.25) is 0 Å². The molecule has 32 heavy (non-hydrogen) atoms. The molecular weight excluding hydrogens is 404 g/mol.